The number of nitrogens with zero attached hydrogens (tertiary/aromatic N) is 2. The van der Waals surface area contributed by atoms with Gasteiger partial charge in [-0.05, 0) is 18.2 Å². The summed E-state index contributed by atoms with van der Waals surface area (Å²) in [6, 6.07) is 18.1. The largest absolute Gasteiger partial charge is 0.496 e. The van der Waals surface area contributed by atoms with Crippen LogP contribution in [0.1, 0.15) is 23.6 Å². The Balaban J connectivity index is 1.80. The summed E-state index contributed by atoms with van der Waals surface area (Å²) in [7, 11) is 1.70. The van der Waals surface area contributed by atoms with Crippen LogP contribution < -0.4 is 10.5 Å². The summed E-state index contributed by atoms with van der Waals surface area (Å²) in [5.74, 6) is 7.39. The molecule has 5 heteroatoms. The van der Waals surface area contributed by atoms with Crippen molar-refractivity contribution in [1.29, 1.82) is 0 Å². The molecular weight excluding hydrogens is 350 g/mol. The van der Waals surface area contributed by atoms with E-state index >= 15 is 0 Å². The first-order chi connectivity index (χ1) is 13.7. The van der Waals surface area contributed by atoms with E-state index in [0.717, 1.165) is 49.6 Å². The number of hydrogen-bond donors (Lipinski definition) is 1. The van der Waals surface area contributed by atoms with Crippen LogP contribution in [0.15, 0.2) is 54.6 Å². The zero-order chi connectivity index (χ0) is 19.8. The molecule has 1 atom stereocenters. The molecule has 0 radical (unpaired) electrons. The molecule has 0 aromatic heterocycles. The lowest BCUT2D eigenvalue weighted by Gasteiger charge is -2.37. The van der Waals surface area contributed by atoms with Gasteiger partial charge in [0.05, 0.1) is 7.11 Å². The topological polar surface area (TPSA) is 58.8 Å². The molecule has 1 heterocycles. The molecule has 0 spiro atoms. The number of para-hydroxylation sites is 1. The third-order valence-corrected chi connectivity index (χ3v) is 5.01. The molecule has 0 aliphatic carbocycles. The third-order valence-electron chi connectivity index (χ3n) is 5.01. The van der Waals surface area contributed by atoms with E-state index < -0.39 is 0 Å². The van der Waals surface area contributed by atoms with Crippen LogP contribution in [-0.4, -0.2) is 55.5 Å². The zero-order valence-corrected chi connectivity index (χ0v) is 16.3. The van der Waals surface area contributed by atoms with Crippen molar-refractivity contribution < 1.29 is 9.53 Å². The monoisotopic (exact) mass is 377 g/mol. The number of primary amides is 1. The van der Waals surface area contributed by atoms with Gasteiger partial charge in [0.15, 0.2) is 0 Å². The van der Waals surface area contributed by atoms with Gasteiger partial charge >= 0.3 is 0 Å². The summed E-state index contributed by atoms with van der Waals surface area (Å²) in [5.41, 5.74) is 7.36. The lowest BCUT2D eigenvalue weighted by molar-refractivity contribution is -0.118. The van der Waals surface area contributed by atoms with Gasteiger partial charge in [-0.25, -0.2) is 0 Å². The second kappa shape index (κ2) is 9.93. The minimum atomic E-state index is -0.247. The van der Waals surface area contributed by atoms with Crippen LogP contribution in [0.25, 0.3) is 0 Å². The van der Waals surface area contributed by atoms with Crippen LogP contribution in [0, 0.1) is 11.8 Å². The first-order valence-corrected chi connectivity index (χ1v) is 9.61. The average Bonchev–Trinajstić information content (AvgIpc) is 2.74. The summed E-state index contributed by atoms with van der Waals surface area (Å²) in [6.45, 7) is 4.27. The average molecular weight is 377 g/mol. The number of carbonyl (C=O) groups is 1. The quantitative estimate of drug-likeness (QED) is 0.785. The number of hydrogen-bond acceptors (Lipinski definition) is 4. The van der Waals surface area contributed by atoms with Crippen LogP contribution in [0.5, 0.6) is 5.75 Å². The smallest absolute Gasteiger partial charge is 0.218 e. The van der Waals surface area contributed by atoms with Gasteiger partial charge in [0.2, 0.25) is 5.91 Å². The van der Waals surface area contributed by atoms with Gasteiger partial charge in [-0.15, -0.1) is 0 Å². The van der Waals surface area contributed by atoms with E-state index in [2.05, 4.69) is 27.7 Å². The predicted octanol–water partition coefficient (Wildman–Crippen LogP) is 2.28. The molecule has 28 heavy (non-hydrogen) atoms. The van der Waals surface area contributed by atoms with Gasteiger partial charge in [0.1, 0.15) is 11.8 Å². The molecule has 5 nitrogen and oxygen atoms in total. The first-order valence-electron chi connectivity index (χ1n) is 9.61. The highest BCUT2D eigenvalue weighted by molar-refractivity contribution is 5.73. The van der Waals surface area contributed by atoms with Crippen molar-refractivity contribution in [1.82, 2.24) is 9.80 Å². The van der Waals surface area contributed by atoms with Gasteiger partial charge in [-0.2, -0.15) is 0 Å². The van der Waals surface area contributed by atoms with Gasteiger partial charge in [0, 0.05) is 50.3 Å². The Morgan fingerprint density at radius 1 is 1.07 bits per heavy atom. The third kappa shape index (κ3) is 5.35. The molecule has 0 saturated carbocycles. The number of ether oxygens (including phenoxy) is 1. The van der Waals surface area contributed by atoms with Crippen molar-refractivity contribution in [2.24, 2.45) is 5.73 Å². The molecule has 2 aromatic rings. The van der Waals surface area contributed by atoms with Crippen LogP contribution in [0.3, 0.4) is 0 Å². The molecule has 0 unspecified atom stereocenters. The Labute approximate surface area is 167 Å². The van der Waals surface area contributed by atoms with Crippen molar-refractivity contribution in [3.8, 4) is 17.6 Å². The number of carbonyl (C=O) groups excluding carboxylic acids is 1. The molecule has 1 fully saturated rings. The highest BCUT2D eigenvalue weighted by atomic mass is 16.5. The second-order valence-corrected chi connectivity index (χ2v) is 6.87. The fourth-order valence-corrected chi connectivity index (χ4v) is 3.44. The minimum Gasteiger partial charge on any atom is -0.496 e. The Morgan fingerprint density at radius 3 is 2.43 bits per heavy atom. The number of piperazine rings is 1. The maximum atomic E-state index is 11.0. The van der Waals surface area contributed by atoms with Crippen LogP contribution in [0.2, 0.25) is 0 Å². The number of amides is 1. The van der Waals surface area contributed by atoms with Gasteiger partial charge in [-0.3, -0.25) is 9.69 Å². The van der Waals surface area contributed by atoms with Crippen molar-refractivity contribution in [2.45, 2.75) is 12.5 Å². The lowest BCUT2D eigenvalue weighted by Crippen LogP contribution is -2.48. The molecule has 2 aromatic carbocycles. The molecule has 1 saturated heterocycles. The Kier molecular flexibility index (Phi) is 7.07. The summed E-state index contributed by atoms with van der Waals surface area (Å²) < 4.78 is 5.60. The fraction of sp³-hybridized carbons (Fsp3) is 0.348. The van der Waals surface area contributed by atoms with Crippen LogP contribution >= 0.6 is 0 Å². The van der Waals surface area contributed by atoms with Crippen LogP contribution in [0.4, 0.5) is 0 Å². The van der Waals surface area contributed by atoms with E-state index in [1.165, 1.54) is 0 Å². The zero-order valence-electron chi connectivity index (χ0n) is 16.3. The molecule has 3 rings (SSSR count). The van der Waals surface area contributed by atoms with E-state index in [4.69, 9.17) is 10.5 Å². The maximum absolute atomic E-state index is 11.0. The molecule has 146 valence electrons. The predicted molar refractivity (Wildman–Crippen MR) is 111 cm³/mol. The van der Waals surface area contributed by atoms with Gasteiger partial charge < -0.3 is 15.4 Å². The molecule has 0 bridgehead atoms. The maximum Gasteiger partial charge on any atom is 0.218 e. The number of methoxy groups -OCH3 is 1. The Morgan fingerprint density at radius 2 is 1.75 bits per heavy atom. The lowest BCUT2D eigenvalue weighted by atomic mass is 10.0. The van der Waals surface area contributed by atoms with Crippen molar-refractivity contribution in [3.05, 3.63) is 65.7 Å². The molecule has 1 amide bonds. The summed E-state index contributed by atoms with van der Waals surface area (Å²) in [6.07, 6.45) is 0.406. The highest BCUT2D eigenvalue weighted by Crippen LogP contribution is 2.29. The number of nitrogens with two attached hydrogens (primary N) is 1. The van der Waals surface area contributed by atoms with E-state index in [-0.39, 0.29) is 11.9 Å². The number of benzene rings is 2. The van der Waals surface area contributed by atoms with Gasteiger partial charge in [0.25, 0.3) is 0 Å². The van der Waals surface area contributed by atoms with Gasteiger partial charge in [-0.1, -0.05) is 48.2 Å². The molecule has 1 aliphatic rings. The van der Waals surface area contributed by atoms with E-state index in [1.807, 2.05) is 48.5 Å². The van der Waals surface area contributed by atoms with Crippen molar-refractivity contribution >= 4 is 5.91 Å². The summed E-state index contributed by atoms with van der Waals surface area (Å²) >= 11 is 0. The standard InChI is InChI=1S/C23H27N3O2/c1-28-22-10-6-5-9-20(22)21(12-11-19-7-3-2-4-8-19)26-17-15-25(16-18-26)14-13-23(24)27/h2-10,21H,13-18H2,1H3,(H2,24,27)/t21-/m0/s1. The first kappa shape index (κ1) is 19.9. The van der Waals surface area contributed by atoms with E-state index in [0.29, 0.717) is 6.42 Å². The highest BCUT2D eigenvalue weighted by Gasteiger charge is 2.25. The fourth-order valence-electron chi connectivity index (χ4n) is 3.44. The van der Waals surface area contributed by atoms with Crippen molar-refractivity contribution in [2.75, 3.05) is 39.8 Å². The SMILES string of the molecule is COc1ccccc1[C@H](C#Cc1ccccc1)N1CCN(CCC(N)=O)CC1. The summed E-state index contributed by atoms with van der Waals surface area (Å²) in [4.78, 5) is 15.7. The molecule has 1 aliphatic heterocycles. The molecular formula is C23H27N3O2. The van der Waals surface area contributed by atoms with E-state index in [9.17, 15) is 4.79 Å². The van der Waals surface area contributed by atoms with E-state index in [1.54, 1.807) is 7.11 Å². The molecule has 2 N–H and O–H groups in total. The number of rotatable bonds is 6. The Hall–Kier alpha value is -2.81. The second-order valence-electron chi connectivity index (χ2n) is 6.87. The summed E-state index contributed by atoms with van der Waals surface area (Å²) in [5, 5.41) is 0. The van der Waals surface area contributed by atoms with Crippen molar-refractivity contribution in [3.63, 3.8) is 0 Å². The normalized spacial score (nSPS) is 16.0. The van der Waals surface area contributed by atoms with Crippen LogP contribution in [-0.2, 0) is 4.79 Å². The Bertz CT molecular complexity index is 834. The minimum absolute atomic E-state index is 0.0466.